The van der Waals surface area contributed by atoms with Crippen LogP contribution in [0, 0.1) is 0 Å². The van der Waals surface area contributed by atoms with E-state index in [2.05, 4.69) is 289 Å². The van der Waals surface area contributed by atoms with Crippen LogP contribution in [0.1, 0.15) is 22.3 Å². The Balaban J connectivity index is 0.985. The Morgan fingerprint density at radius 2 is 0.768 bits per heavy atom. The van der Waals surface area contributed by atoms with Crippen LogP contribution in [0.2, 0.25) is 0 Å². The molecular weight excluding hydrogens is 833 g/mol. The number of para-hydroxylation sites is 2. The highest BCUT2D eigenvalue weighted by Gasteiger charge is 2.46. The van der Waals surface area contributed by atoms with Gasteiger partial charge in [0.25, 0.3) is 0 Å². The van der Waals surface area contributed by atoms with Gasteiger partial charge in [0.05, 0.1) is 16.4 Å². The van der Waals surface area contributed by atoms with Crippen LogP contribution in [0.5, 0.6) is 0 Å². The lowest BCUT2D eigenvalue weighted by Crippen LogP contribution is -2.28. The molecule has 12 aromatic rings. The van der Waals surface area contributed by atoms with E-state index in [1.807, 2.05) is 0 Å². The van der Waals surface area contributed by atoms with Gasteiger partial charge in [-0.2, -0.15) is 0 Å². The van der Waals surface area contributed by atoms with Crippen LogP contribution in [0.25, 0.3) is 72.0 Å². The van der Waals surface area contributed by atoms with Crippen molar-refractivity contribution in [3.05, 3.63) is 301 Å². The highest BCUT2D eigenvalue weighted by molar-refractivity contribution is 6.11. The smallest absolute Gasteiger partial charge is 0.0714 e. The summed E-state index contributed by atoms with van der Waals surface area (Å²) in [5.74, 6) is 0. The second-order valence-electron chi connectivity index (χ2n) is 18.0. The molecule has 0 fully saturated rings. The first-order chi connectivity index (χ1) is 34.2. The highest BCUT2D eigenvalue weighted by atomic mass is 15.1. The van der Waals surface area contributed by atoms with Gasteiger partial charge in [-0.1, -0.05) is 212 Å². The Morgan fingerprint density at radius 3 is 1.48 bits per heavy atom. The molecule has 0 saturated heterocycles. The normalized spacial score (nSPS) is 12.5. The van der Waals surface area contributed by atoms with E-state index in [9.17, 15) is 0 Å². The van der Waals surface area contributed by atoms with Gasteiger partial charge in [0.1, 0.15) is 0 Å². The average molecular weight is 879 g/mol. The minimum absolute atomic E-state index is 0.525. The van der Waals surface area contributed by atoms with Crippen molar-refractivity contribution in [3.8, 4) is 50.2 Å². The fourth-order valence-electron chi connectivity index (χ4n) is 11.2. The van der Waals surface area contributed by atoms with E-state index < -0.39 is 5.41 Å². The largest absolute Gasteiger partial charge is 0.310 e. The summed E-state index contributed by atoms with van der Waals surface area (Å²) >= 11 is 0. The van der Waals surface area contributed by atoms with Crippen molar-refractivity contribution in [2.45, 2.75) is 5.41 Å². The first-order valence-corrected chi connectivity index (χ1v) is 23.8. The molecule has 69 heavy (non-hydrogen) atoms. The number of nitrogens with zero attached hydrogens (tertiary/aromatic N) is 2. The molecule has 0 amide bonds. The van der Waals surface area contributed by atoms with Gasteiger partial charge in [-0.25, -0.2) is 0 Å². The highest BCUT2D eigenvalue weighted by Crippen LogP contribution is 2.57. The van der Waals surface area contributed by atoms with Gasteiger partial charge in [0.2, 0.25) is 0 Å². The number of aromatic nitrogens is 1. The number of benzene rings is 11. The lowest BCUT2D eigenvalue weighted by atomic mass is 9.67. The molecule has 1 heterocycles. The molecule has 2 nitrogen and oxygen atoms in total. The molecule has 0 bridgehead atoms. The third-order valence-electron chi connectivity index (χ3n) is 14.3. The van der Waals surface area contributed by atoms with Gasteiger partial charge >= 0.3 is 0 Å². The summed E-state index contributed by atoms with van der Waals surface area (Å²) in [6, 6.07) is 102. The van der Waals surface area contributed by atoms with Crippen LogP contribution in [-0.4, -0.2) is 4.57 Å². The Labute approximate surface area is 403 Å². The molecule has 0 spiro atoms. The summed E-state index contributed by atoms with van der Waals surface area (Å²) in [6.07, 6.45) is 0. The van der Waals surface area contributed by atoms with Crippen LogP contribution >= 0.6 is 0 Å². The van der Waals surface area contributed by atoms with Crippen molar-refractivity contribution in [2.75, 3.05) is 4.90 Å². The minimum Gasteiger partial charge on any atom is -0.310 e. The lowest BCUT2D eigenvalue weighted by Gasteiger charge is -2.35. The van der Waals surface area contributed by atoms with Crippen LogP contribution in [0.15, 0.2) is 279 Å². The molecule has 0 radical (unpaired) electrons. The van der Waals surface area contributed by atoms with Gasteiger partial charge in [-0.15, -0.1) is 0 Å². The maximum Gasteiger partial charge on any atom is 0.0714 e. The third-order valence-corrected chi connectivity index (χ3v) is 14.3. The van der Waals surface area contributed by atoms with Crippen molar-refractivity contribution in [1.29, 1.82) is 0 Å². The quantitative estimate of drug-likeness (QED) is 0.140. The van der Waals surface area contributed by atoms with E-state index in [1.54, 1.807) is 0 Å². The Kier molecular flexibility index (Phi) is 9.77. The Bertz CT molecular complexity index is 3780. The number of anilines is 3. The van der Waals surface area contributed by atoms with Crippen molar-refractivity contribution < 1.29 is 0 Å². The molecule has 11 aromatic carbocycles. The van der Waals surface area contributed by atoms with E-state index >= 15 is 0 Å². The van der Waals surface area contributed by atoms with Crippen LogP contribution < -0.4 is 4.90 Å². The van der Waals surface area contributed by atoms with Gasteiger partial charge in [-0.05, 0) is 133 Å². The van der Waals surface area contributed by atoms with Gasteiger partial charge in [0, 0.05) is 33.5 Å². The summed E-state index contributed by atoms with van der Waals surface area (Å²) in [4.78, 5) is 2.44. The first kappa shape index (κ1) is 40.3. The standard InChI is InChI=1S/C67H46N2/c1-5-20-47(21-6-1)48-36-39-54(40-37-48)68(56-41-42-60-59-32-15-17-34-63(59)67(64(60)46-56,51-23-7-2-8-24-51)52-25-9-3-10-26-52)55-29-19-22-49(44-55)57-30-13-14-31-58(57)50-38-43-66-62(45-50)61-33-16-18-35-65(61)69(66)53-27-11-4-12-28-53/h1-46H. The average Bonchev–Trinajstić information content (AvgIpc) is 3.92. The maximum absolute atomic E-state index is 2.46. The van der Waals surface area contributed by atoms with E-state index in [4.69, 9.17) is 0 Å². The zero-order valence-electron chi connectivity index (χ0n) is 38.0. The Hall–Kier alpha value is -8.98. The molecule has 324 valence electrons. The minimum atomic E-state index is -0.525. The predicted octanol–water partition coefficient (Wildman–Crippen LogP) is 17.6. The molecule has 1 aromatic heterocycles. The number of fused-ring (bicyclic) bond motifs is 6. The maximum atomic E-state index is 2.46. The molecule has 0 atom stereocenters. The summed E-state index contributed by atoms with van der Waals surface area (Å²) in [5, 5.41) is 2.48. The van der Waals surface area contributed by atoms with Crippen molar-refractivity contribution >= 4 is 38.9 Å². The van der Waals surface area contributed by atoms with Gasteiger partial charge in [-0.3, -0.25) is 0 Å². The Morgan fingerprint density at radius 1 is 0.275 bits per heavy atom. The topological polar surface area (TPSA) is 8.17 Å². The molecule has 0 saturated carbocycles. The molecule has 0 unspecified atom stereocenters. The second-order valence-corrected chi connectivity index (χ2v) is 18.0. The first-order valence-electron chi connectivity index (χ1n) is 23.8. The van der Waals surface area contributed by atoms with Crippen LogP contribution in [0.3, 0.4) is 0 Å². The zero-order chi connectivity index (χ0) is 45.7. The number of rotatable bonds is 9. The van der Waals surface area contributed by atoms with Crippen molar-refractivity contribution in [3.63, 3.8) is 0 Å². The molecular formula is C67H46N2. The monoisotopic (exact) mass is 878 g/mol. The van der Waals surface area contributed by atoms with E-state index in [0.29, 0.717) is 0 Å². The number of hydrogen-bond acceptors (Lipinski definition) is 1. The van der Waals surface area contributed by atoms with E-state index in [-0.39, 0.29) is 0 Å². The van der Waals surface area contributed by atoms with E-state index in [1.165, 1.54) is 83.0 Å². The van der Waals surface area contributed by atoms with Gasteiger partial charge in [0.15, 0.2) is 0 Å². The third kappa shape index (κ3) is 6.64. The predicted molar refractivity (Wildman–Crippen MR) is 289 cm³/mol. The molecule has 0 aliphatic heterocycles. The van der Waals surface area contributed by atoms with E-state index in [0.717, 1.165) is 28.3 Å². The fraction of sp³-hybridized carbons (Fsp3) is 0.0149. The molecule has 2 heteroatoms. The van der Waals surface area contributed by atoms with Crippen molar-refractivity contribution in [1.82, 2.24) is 4.57 Å². The molecule has 1 aliphatic rings. The summed E-state index contributed by atoms with van der Waals surface area (Å²) in [5.41, 5.74) is 21.0. The van der Waals surface area contributed by atoms with Crippen LogP contribution in [0.4, 0.5) is 17.1 Å². The molecule has 0 N–H and O–H groups in total. The second kappa shape index (κ2) is 16.7. The van der Waals surface area contributed by atoms with Crippen molar-refractivity contribution in [2.24, 2.45) is 0 Å². The molecule has 13 rings (SSSR count). The molecule has 1 aliphatic carbocycles. The number of hydrogen-bond donors (Lipinski definition) is 0. The van der Waals surface area contributed by atoms with Gasteiger partial charge < -0.3 is 9.47 Å². The summed E-state index contributed by atoms with van der Waals surface area (Å²) in [6.45, 7) is 0. The van der Waals surface area contributed by atoms with Crippen LogP contribution in [-0.2, 0) is 5.41 Å². The SMILES string of the molecule is c1ccc(-c2ccc(N(c3cccc(-c4ccccc4-c4ccc5c(c4)c4ccccc4n5-c4ccccc4)c3)c3ccc4c(c3)C(c3ccccc3)(c3ccccc3)c3ccccc3-4)cc2)cc1. The summed E-state index contributed by atoms with van der Waals surface area (Å²) in [7, 11) is 0. The fourth-order valence-corrected chi connectivity index (χ4v) is 11.2. The zero-order valence-corrected chi connectivity index (χ0v) is 38.0. The summed E-state index contributed by atoms with van der Waals surface area (Å²) < 4.78 is 2.38. The lowest BCUT2D eigenvalue weighted by molar-refractivity contribution is 0.768.